The van der Waals surface area contributed by atoms with Crippen LogP contribution in [0.15, 0.2) is 11.4 Å². The normalized spacial score (nSPS) is 17.3. The quantitative estimate of drug-likeness (QED) is 0.824. The Hall–Kier alpha value is -0.910. The number of hydrogen-bond acceptors (Lipinski definition) is 4. The Kier molecular flexibility index (Phi) is 3.93. The van der Waals surface area contributed by atoms with Gasteiger partial charge in [-0.05, 0) is 23.9 Å². The number of nitrogens with zero attached hydrogens (tertiary/aromatic N) is 1. The molecule has 1 amide bonds. The van der Waals surface area contributed by atoms with Crippen LogP contribution in [0.4, 0.5) is 5.00 Å². The van der Waals surface area contributed by atoms with Gasteiger partial charge in [0.15, 0.2) is 0 Å². The molecule has 1 aromatic rings. The van der Waals surface area contributed by atoms with Gasteiger partial charge in [-0.2, -0.15) is 0 Å². The number of piperazine rings is 1. The zero-order valence-corrected chi connectivity index (χ0v) is 10.3. The lowest BCUT2D eigenvalue weighted by Crippen LogP contribution is -2.46. The van der Waals surface area contributed by atoms with E-state index in [-0.39, 0.29) is 5.91 Å². The van der Waals surface area contributed by atoms with Crippen LogP contribution in [-0.4, -0.2) is 43.5 Å². The molecular weight excluding hydrogens is 222 g/mol. The van der Waals surface area contributed by atoms with Crippen molar-refractivity contribution in [1.29, 1.82) is 0 Å². The van der Waals surface area contributed by atoms with Gasteiger partial charge in [0.25, 0.3) is 0 Å². The van der Waals surface area contributed by atoms with Gasteiger partial charge in [0.1, 0.15) is 0 Å². The second kappa shape index (κ2) is 5.43. The highest BCUT2D eigenvalue weighted by molar-refractivity contribution is 7.14. The predicted molar refractivity (Wildman–Crippen MR) is 67.0 cm³/mol. The molecule has 5 heteroatoms. The number of nitrogens with one attached hydrogen (secondary N) is 2. The lowest BCUT2D eigenvalue weighted by molar-refractivity contribution is -0.117. The predicted octanol–water partition coefficient (Wildman–Crippen LogP) is 0.900. The minimum Gasteiger partial charge on any atom is -0.317 e. The molecule has 2 rings (SSSR count). The first kappa shape index (κ1) is 11.6. The summed E-state index contributed by atoms with van der Waals surface area (Å²) in [7, 11) is 0. The fraction of sp³-hybridized carbons (Fsp3) is 0.545. The Bertz CT molecular complexity index is 358. The molecule has 0 spiro atoms. The number of carbonyl (C=O) groups excluding carboxylic acids is 1. The van der Waals surface area contributed by atoms with Crippen LogP contribution >= 0.6 is 11.3 Å². The van der Waals surface area contributed by atoms with Gasteiger partial charge in [-0.15, -0.1) is 11.3 Å². The van der Waals surface area contributed by atoms with E-state index in [4.69, 9.17) is 0 Å². The average molecular weight is 239 g/mol. The third-order valence-corrected chi connectivity index (χ3v) is 3.53. The van der Waals surface area contributed by atoms with Crippen molar-refractivity contribution in [1.82, 2.24) is 10.2 Å². The van der Waals surface area contributed by atoms with Crippen LogP contribution in [0.3, 0.4) is 0 Å². The van der Waals surface area contributed by atoms with Gasteiger partial charge in [-0.25, -0.2) is 0 Å². The van der Waals surface area contributed by atoms with Crippen LogP contribution in [0.2, 0.25) is 0 Å². The van der Waals surface area contributed by atoms with Crippen LogP contribution in [0, 0.1) is 6.92 Å². The average Bonchev–Trinajstić information content (AvgIpc) is 2.65. The number of rotatable bonds is 3. The van der Waals surface area contributed by atoms with Gasteiger partial charge in [0.05, 0.1) is 11.5 Å². The third-order valence-electron chi connectivity index (χ3n) is 2.57. The van der Waals surface area contributed by atoms with Crippen molar-refractivity contribution in [2.24, 2.45) is 0 Å². The number of hydrogen-bond donors (Lipinski definition) is 2. The van der Waals surface area contributed by atoms with Crippen molar-refractivity contribution in [3.63, 3.8) is 0 Å². The summed E-state index contributed by atoms with van der Waals surface area (Å²) >= 11 is 1.58. The van der Waals surface area contributed by atoms with Crippen molar-refractivity contribution < 1.29 is 4.79 Å². The van der Waals surface area contributed by atoms with Gasteiger partial charge >= 0.3 is 0 Å². The van der Waals surface area contributed by atoms with Gasteiger partial charge in [-0.1, -0.05) is 0 Å². The topological polar surface area (TPSA) is 44.4 Å². The Morgan fingerprint density at radius 2 is 2.31 bits per heavy atom. The molecule has 0 aromatic carbocycles. The Morgan fingerprint density at radius 3 is 2.94 bits per heavy atom. The second-order valence-corrected chi connectivity index (χ2v) is 4.97. The third kappa shape index (κ3) is 3.30. The summed E-state index contributed by atoms with van der Waals surface area (Å²) < 4.78 is 0. The molecule has 0 unspecified atom stereocenters. The summed E-state index contributed by atoms with van der Waals surface area (Å²) in [5.41, 5.74) is 1.20. The summed E-state index contributed by atoms with van der Waals surface area (Å²) in [6, 6.07) is 2.00. The molecule has 1 saturated heterocycles. The standard InChI is InChI=1S/C11H17N3OS/c1-9-6-11(16-8-9)13-10(15)7-14-4-2-12-3-5-14/h6,8,12H,2-5,7H2,1H3,(H,13,15). The fourth-order valence-corrected chi connectivity index (χ4v) is 2.55. The fourth-order valence-electron chi connectivity index (χ4n) is 1.75. The van der Waals surface area contributed by atoms with Crippen molar-refractivity contribution in [3.05, 3.63) is 17.0 Å². The molecule has 1 aliphatic rings. The number of anilines is 1. The Balaban J connectivity index is 1.79. The lowest BCUT2D eigenvalue weighted by Gasteiger charge is -2.26. The Labute approximate surface area is 99.6 Å². The zero-order chi connectivity index (χ0) is 11.4. The van der Waals surface area contributed by atoms with Gasteiger partial charge < -0.3 is 10.6 Å². The highest BCUT2D eigenvalue weighted by Gasteiger charge is 2.13. The van der Waals surface area contributed by atoms with E-state index in [2.05, 4.69) is 15.5 Å². The van der Waals surface area contributed by atoms with Crippen LogP contribution in [0.1, 0.15) is 5.56 Å². The van der Waals surface area contributed by atoms with Gasteiger partial charge in [-0.3, -0.25) is 9.69 Å². The van der Waals surface area contributed by atoms with E-state index in [0.717, 1.165) is 31.2 Å². The lowest BCUT2D eigenvalue weighted by atomic mass is 10.3. The molecule has 0 radical (unpaired) electrons. The van der Waals surface area contributed by atoms with E-state index in [1.807, 2.05) is 18.4 Å². The first-order chi connectivity index (χ1) is 7.74. The van der Waals surface area contributed by atoms with Crippen LogP contribution < -0.4 is 10.6 Å². The molecule has 2 N–H and O–H groups in total. The molecule has 0 aliphatic carbocycles. The minimum atomic E-state index is 0.0868. The molecule has 1 fully saturated rings. The molecular formula is C11H17N3OS. The molecule has 88 valence electrons. The summed E-state index contributed by atoms with van der Waals surface area (Å²) in [6.07, 6.45) is 0. The monoisotopic (exact) mass is 239 g/mol. The van der Waals surface area contributed by atoms with Crippen molar-refractivity contribution in [2.45, 2.75) is 6.92 Å². The molecule has 0 atom stereocenters. The highest BCUT2D eigenvalue weighted by atomic mass is 32.1. The summed E-state index contributed by atoms with van der Waals surface area (Å²) in [5.74, 6) is 0.0868. The molecule has 2 heterocycles. The number of aryl methyl sites for hydroxylation is 1. The molecule has 4 nitrogen and oxygen atoms in total. The molecule has 1 aromatic heterocycles. The maximum Gasteiger partial charge on any atom is 0.239 e. The summed E-state index contributed by atoms with van der Waals surface area (Å²) in [5, 5.41) is 9.18. The van der Waals surface area contributed by atoms with Crippen LogP contribution in [0.5, 0.6) is 0 Å². The van der Waals surface area contributed by atoms with Crippen LogP contribution in [-0.2, 0) is 4.79 Å². The van der Waals surface area contributed by atoms with Crippen molar-refractivity contribution in [3.8, 4) is 0 Å². The summed E-state index contributed by atoms with van der Waals surface area (Å²) in [6.45, 7) is 6.39. The number of carbonyl (C=O) groups is 1. The molecule has 16 heavy (non-hydrogen) atoms. The number of thiophene rings is 1. The first-order valence-corrected chi connectivity index (χ1v) is 6.40. The van der Waals surface area contributed by atoms with E-state index in [0.29, 0.717) is 6.54 Å². The zero-order valence-electron chi connectivity index (χ0n) is 9.45. The molecule has 0 saturated carbocycles. The minimum absolute atomic E-state index is 0.0868. The second-order valence-electron chi connectivity index (χ2n) is 4.06. The largest absolute Gasteiger partial charge is 0.317 e. The van der Waals surface area contributed by atoms with E-state index in [1.54, 1.807) is 11.3 Å². The molecule has 1 aliphatic heterocycles. The van der Waals surface area contributed by atoms with E-state index >= 15 is 0 Å². The van der Waals surface area contributed by atoms with Crippen LogP contribution in [0.25, 0.3) is 0 Å². The maximum atomic E-state index is 11.7. The Morgan fingerprint density at radius 1 is 1.56 bits per heavy atom. The first-order valence-electron chi connectivity index (χ1n) is 5.52. The van der Waals surface area contributed by atoms with E-state index in [1.165, 1.54) is 5.56 Å². The summed E-state index contributed by atoms with van der Waals surface area (Å²) in [4.78, 5) is 13.9. The highest BCUT2D eigenvalue weighted by Crippen LogP contribution is 2.19. The van der Waals surface area contributed by atoms with E-state index in [9.17, 15) is 4.79 Å². The number of amides is 1. The van der Waals surface area contributed by atoms with Gasteiger partial charge in [0.2, 0.25) is 5.91 Å². The molecule has 0 bridgehead atoms. The maximum absolute atomic E-state index is 11.7. The van der Waals surface area contributed by atoms with Gasteiger partial charge in [0, 0.05) is 26.2 Å². The SMILES string of the molecule is Cc1csc(NC(=O)CN2CCNCC2)c1. The smallest absolute Gasteiger partial charge is 0.239 e. The van der Waals surface area contributed by atoms with E-state index < -0.39 is 0 Å². The van der Waals surface area contributed by atoms with Crippen molar-refractivity contribution >= 4 is 22.2 Å². The van der Waals surface area contributed by atoms with Crippen molar-refractivity contribution in [2.75, 3.05) is 38.0 Å².